The number of benzene rings is 2. The van der Waals surface area contributed by atoms with Gasteiger partial charge in [-0.2, -0.15) is 0 Å². The lowest BCUT2D eigenvalue weighted by atomic mass is 9.82. The van der Waals surface area contributed by atoms with Crippen LogP contribution in [0.25, 0.3) is 0 Å². The molecule has 0 radical (unpaired) electrons. The third kappa shape index (κ3) is 6.73. The summed E-state index contributed by atoms with van der Waals surface area (Å²) < 4.78 is 4.91. The highest BCUT2D eigenvalue weighted by Gasteiger charge is 2.24. The fourth-order valence-corrected chi connectivity index (χ4v) is 3.47. The third-order valence-corrected chi connectivity index (χ3v) is 5.05. The number of carbonyl (C=O) groups excluding carboxylic acids is 1. The van der Waals surface area contributed by atoms with Crippen LogP contribution in [0, 0.1) is 11.8 Å². The second-order valence-electron chi connectivity index (χ2n) is 6.62. The van der Waals surface area contributed by atoms with E-state index in [1.165, 1.54) is 18.4 Å². The van der Waals surface area contributed by atoms with Gasteiger partial charge in [0.15, 0.2) is 0 Å². The first-order valence-corrected chi connectivity index (χ1v) is 9.87. The van der Waals surface area contributed by atoms with Gasteiger partial charge in [0.25, 0.3) is 0 Å². The highest BCUT2D eigenvalue weighted by Crippen LogP contribution is 2.29. The maximum Gasteiger partial charge on any atom is 0.227 e. The van der Waals surface area contributed by atoms with Gasteiger partial charge in [-0.15, -0.1) is 0 Å². The van der Waals surface area contributed by atoms with Crippen LogP contribution in [0.2, 0.25) is 0 Å². The summed E-state index contributed by atoms with van der Waals surface area (Å²) in [5.41, 5.74) is 0.841. The number of nitrogens with two attached hydrogens (primary N) is 1. The molecule has 0 aromatic heterocycles. The van der Waals surface area contributed by atoms with Crippen LogP contribution < -0.4 is 15.2 Å². The summed E-state index contributed by atoms with van der Waals surface area (Å²) in [4.78, 5) is 13.1. The van der Waals surface area contributed by atoms with E-state index in [1.807, 2.05) is 54.6 Å². The zero-order chi connectivity index (χ0) is 18.8. The second-order valence-corrected chi connectivity index (χ2v) is 7.33. The van der Waals surface area contributed by atoms with E-state index in [1.54, 1.807) is 7.11 Å². The van der Waals surface area contributed by atoms with Gasteiger partial charge >= 0.3 is 0 Å². The number of carbonyl (C=O) groups is 1. The first-order valence-electron chi connectivity index (χ1n) is 8.99. The average molecular weight is 373 g/mol. The standard InChI is InChI=1S/C14H20N2OS.C7H8O/c1-10-4-2-5-11(8-10)14(17)16-12-6-3-7-13(9-12)18-15;1-8-7-5-3-2-4-6-7/h3,6-7,9-11H,2,4-5,8,15H2,1H3,(H,16,17);2-6H,1H3. The highest BCUT2D eigenvalue weighted by molar-refractivity contribution is 7.97. The first kappa shape index (κ1) is 20.3. The van der Waals surface area contributed by atoms with Crippen molar-refractivity contribution in [3.05, 3.63) is 54.6 Å². The zero-order valence-corrected chi connectivity index (χ0v) is 16.3. The number of hydrogen-bond acceptors (Lipinski definition) is 4. The Balaban J connectivity index is 0.000000254. The van der Waals surface area contributed by atoms with E-state index in [9.17, 15) is 4.79 Å². The summed E-state index contributed by atoms with van der Waals surface area (Å²) in [5, 5.41) is 8.51. The number of nitrogens with one attached hydrogen (secondary N) is 1. The monoisotopic (exact) mass is 372 g/mol. The van der Waals surface area contributed by atoms with Gasteiger partial charge in [0.05, 0.1) is 7.11 Å². The Morgan fingerprint density at radius 2 is 1.92 bits per heavy atom. The molecule has 5 heteroatoms. The molecule has 0 bridgehead atoms. The van der Waals surface area contributed by atoms with Crippen molar-refractivity contribution >= 4 is 23.5 Å². The number of para-hydroxylation sites is 1. The van der Waals surface area contributed by atoms with Gasteiger partial charge in [0, 0.05) is 16.5 Å². The van der Waals surface area contributed by atoms with Crippen LogP contribution in [-0.2, 0) is 4.79 Å². The Morgan fingerprint density at radius 3 is 2.54 bits per heavy atom. The molecule has 0 saturated heterocycles. The van der Waals surface area contributed by atoms with Crippen LogP contribution in [0.15, 0.2) is 59.5 Å². The minimum Gasteiger partial charge on any atom is -0.497 e. The molecule has 1 saturated carbocycles. The number of ether oxygens (including phenoxy) is 1. The van der Waals surface area contributed by atoms with Crippen LogP contribution >= 0.6 is 11.9 Å². The van der Waals surface area contributed by atoms with Crippen LogP contribution in [0.4, 0.5) is 5.69 Å². The lowest BCUT2D eigenvalue weighted by molar-refractivity contribution is -0.121. The van der Waals surface area contributed by atoms with E-state index in [4.69, 9.17) is 9.88 Å². The quantitative estimate of drug-likeness (QED) is 0.732. The van der Waals surface area contributed by atoms with Crippen molar-refractivity contribution in [2.45, 2.75) is 37.5 Å². The normalized spacial score (nSPS) is 19.0. The molecule has 2 unspecified atom stereocenters. The van der Waals surface area contributed by atoms with E-state index in [-0.39, 0.29) is 11.8 Å². The molecule has 0 aliphatic heterocycles. The Labute approximate surface area is 160 Å². The van der Waals surface area contributed by atoms with Gasteiger partial charge in [-0.25, -0.2) is 0 Å². The van der Waals surface area contributed by atoms with Gasteiger partial charge < -0.3 is 10.1 Å². The Morgan fingerprint density at radius 1 is 1.15 bits per heavy atom. The molecule has 3 N–H and O–H groups in total. The molecule has 26 heavy (non-hydrogen) atoms. The van der Waals surface area contributed by atoms with Crippen molar-refractivity contribution < 1.29 is 9.53 Å². The van der Waals surface area contributed by atoms with Crippen molar-refractivity contribution in [3.63, 3.8) is 0 Å². The summed E-state index contributed by atoms with van der Waals surface area (Å²) in [6, 6.07) is 17.3. The molecule has 0 spiro atoms. The predicted octanol–water partition coefficient (Wildman–Crippen LogP) is 5.11. The van der Waals surface area contributed by atoms with Crippen molar-refractivity contribution in [1.29, 1.82) is 0 Å². The fourth-order valence-electron chi connectivity index (χ4n) is 3.12. The van der Waals surface area contributed by atoms with Crippen molar-refractivity contribution in [1.82, 2.24) is 0 Å². The molecule has 3 rings (SSSR count). The van der Waals surface area contributed by atoms with Gasteiger partial charge in [-0.1, -0.05) is 44.0 Å². The lowest BCUT2D eigenvalue weighted by Crippen LogP contribution is -2.27. The summed E-state index contributed by atoms with van der Waals surface area (Å²) in [5.74, 6) is 1.90. The molecule has 1 aliphatic rings. The molecule has 140 valence electrons. The molecule has 1 fully saturated rings. The maximum absolute atomic E-state index is 12.2. The van der Waals surface area contributed by atoms with E-state index in [0.29, 0.717) is 5.92 Å². The molecule has 4 nitrogen and oxygen atoms in total. The number of amides is 1. The van der Waals surface area contributed by atoms with Gasteiger partial charge in [-0.05, 0) is 61.0 Å². The van der Waals surface area contributed by atoms with Crippen LogP contribution in [-0.4, -0.2) is 13.0 Å². The van der Waals surface area contributed by atoms with Crippen molar-refractivity contribution in [3.8, 4) is 5.75 Å². The third-order valence-electron chi connectivity index (χ3n) is 4.52. The van der Waals surface area contributed by atoms with Crippen LogP contribution in [0.1, 0.15) is 32.6 Å². The fraction of sp³-hybridized carbons (Fsp3) is 0.381. The SMILES string of the molecule is CC1CCCC(C(=O)Nc2cccc(SN)c2)C1.COc1ccccc1. The van der Waals surface area contributed by atoms with Gasteiger partial charge in [0.1, 0.15) is 5.75 Å². The van der Waals surface area contributed by atoms with Crippen LogP contribution in [0.3, 0.4) is 0 Å². The molecule has 0 heterocycles. The number of hydrogen-bond donors (Lipinski definition) is 2. The predicted molar refractivity (Wildman–Crippen MR) is 109 cm³/mol. The highest BCUT2D eigenvalue weighted by atomic mass is 32.2. The minimum absolute atomic E-state index is 0.153. The van der Waals surface area contributed by atoms with E-state index < -0.39 is 0 Å². The van der Waals surface area contributed by atoms with E-state index in [0.717, 1.165) is 35.6 Å². The minimum atomic E-state index is 0.153. The topological polar surface area (TPSA) is 64.4 Å². The molecule has 2 atom stereocenters. The summed E-state index contributed by atoms with van der Waals surface area (Å²) in [6.45, 7) is 2.23. The summed E-state index contributed by atoms with van der Waals surface area (Å²) in [6.07, 6.45) is 4.44. The summed E-state index contributed by atoms with van der Waals surface area (Å²) in [7, 11) is 1.66. The molecule has 2 aromatic rings. The zero-order valence-electron chi connectivity index (χ0n) is 15.5. The molecular formula is C21H28N2O2S. The number of rotatable bonds is 4. The molecular weight excluding hydrogens is 344 g/mol. The average Bonchev–Trinajstić information content (AvgIpc) is 2.69. The van der Waals surface area contributed by atoms with Gasteiger partial charge in [-0.3, -0.25) is 9.93 Å². The first-order chi connectivity index (χ1) is 12.6. The summed E-state index contributed by atoms with van der Waals surface area (Å²) >= 11 is 1.19. The Hall–Kier alpha value is -1.98. The van der Waals surface area contributed by atoms with E-state index >= 15 is 0 Å². The Kier molecular flexibility index (Phi) is 8.51. The lowest BCUT2D eigenvalue weighted by Gasteiger charge is -2.25. The molecule has 1 amide bonds. The number of anilines is 1. The molecule has 1 aliphatic carbocycles. The smallest absolute Gasteiger partial charge is 0.227 e. The van der Waals surface area contributed by atoms with Crippen LogP contribution in [0.5, 0.6) is 5.75 Å². The Bertz CT molecular complexity index is 679. The second kappa shape index (κ2) is 10.9. The molecule has 2 aromatic carbocycles. The van der Waals surface area contributed by atoms with Crippen molar-refractivity contribution in [2.24, 2.45) is 17.0 Å². The largest absolute Gasteiger partial charge is 0.497 e. The van der Waals surface area contributed by atoms with Crippen molar-refractivity contribution in [2.75, 3.05) is 12.4 Å². The van der Waals surface area contributed by atoms with E-state index in [2.05, 4.69) is 12.2 Å². The maximum atomic E-state index is 12.2. The van der Waals surface area contributed by atoms with Gasteiger partial charge in [0.2, 0.25) is 5.91 Å². The number of methoxy groups -OCH3 is 1.